The zero-order chi connectivity index (χ0) is 52.3. The second-order valence-electron chi connectivity index (χ2n) is 13.0. The third-order valence-electron chi connectivity index (χ3n) is 9.20. The van der Waals surface area contributed by atoms with Gasteiger partial charge in [0.2, 0.25) is 0 Å². The van der Waals surface area contributed by atoms with Crippen molar-refractivity contribution in [2.75, 3.05) is 33.6 Å². The average molecular weight is 987 g/mol. The molecule has 0 saturated heterocycles. The molecule has 2 aliphatic rings. The second kappa shape index (κ2) is 22.1. The molecule has 1 atom stereocenters. The summed E-state index contributed by atoms with van der Waals surface area (Å²) in [6.07, 6.45) is -0.494. The number of carbonyl (C=O) groups excluding carboxylic acids is 2. The zero-order valence-corrected chi connectivity index (χ0v) is 36.0. The van der Waals surface area contributed by atoms with Gasteiger partial charge in [-0.15, -0.1) is 9.24 Å². The molecule has 0 saturated carbocycles. The minimum atomic E-state index is -0.970. The number of nitrogens with zero attached hydrogens (tertiary/aromatic N) is 10. The minimum absolute atomic E-state index is 0.120. The lowest BCUT2D eigenvalue weighted by molar-refractivity contribution is -0.395. The van der Waals surface area contributed by atoms with E-state index >= 15 is 0 Å². The molecule has 32 nitrogen and oxygen atoms in total. The van der Waals surface area contributed by atoms with Gasteiger partial charge in [0.05, 0.1) is 112 Å². The normalized spacial score (nSPS) is 11.2. The number of methoxy groups -OCH3 is 1. The highest BCUT2D eigenvalue weighted by Crippen LogP contribution is 2.51. The van der Waals surface area contributed by atoms with E-state index in [0.29, 0.717) is 30.9 Å². The summed E-state index contributed by atoms with van der Waals surface area (Å²) < 4.78 is 15.3. The van der Waals surface area contributed by atoms with Crippen LogP contribution in [0.15, 0.2) is 58.8 Å². The molecular weight excluding hydrogens is 955 g/mol. The fraction of sp³-hybridized carbons (Fsp3) is 0.222. The van der Waals surface area contributed by atoms with Crippen LogP contribution in [0.1, 0.15) is 43.4 Å². The van der Waals surface area contributed by atoms with Gasteiger partial charge in [0.25, 0.3) is 45.5 Å². The Balaban J connectivity index is 0.000000288. The van der Waals surface area contributed by atoms with Crippen LogP contribution < -0.4 is 0 Å². The van der Waals surface area contributed by atoms with E-state index in [4.69, 9.17) is 15.8 Å². The number of rotatable bonds is 17. The van der Waals surface area contributed by atoms with E-state index in [1.165, 1.54) is 0 Å². The van der Waals surface area contributed by atoms with E-state index in [0.717, 1.165) is 31.4 Å². The van der Waals surface area contributed by atoms with E-state index in [-0.39, 0.29) is 88.6 Å². The Labute approximate surface area is 384 Å². The zero-order valence-electron chi connectivity index (χ0n) is 35.9. The van der Waals surface area contributed by atoms with Crippen molar-refractivity contribution in [1.82, 2.24) is 0 Å². The number of nitro groups is 8. The minimum Gasteiger partial charge on any atom is -0.469 e. The van der Waals surface area contributed by atoms with Gasteiger partial charge in [-0.3, -0.25) is 90.5 Å². The lowest BCUT2D eigenvalue weighted by Gasteiger charge is -2.04. The fourth-order valence-corrected chi connectivity index (χ4v) is 6.54. The SMILES string of the molecule is CCOC(=O)CCON=C1c2cc([N+](=O)[O-])cc([N+](=O)[O-])c2-c2c1cc([N+](=O)[O-])cc2[N+](=O)[O-].COC(=O)CCON=C1c2cc([N+](=O)[O-])cc([N+](=O)[O-])c2-c2c1cc([N+](=O)[O-])cc2[N+](=O)[O-].[3H]CP. The summed E-state index contributed by atoms with van der Waals surface area (Å²) in [7, 11) is 3.38. The highest BCUT2D eigenvalue weighted by atomic mass is 31.0. The smallest absolute Gasteiger partial charge is 0.309 e. The number of non-ortho nitro benzene ring substituents is 4. The number of hydrogen-bond acceptors (Lipinski definition) is 24. The number of benzene rings is 4. The Hall–Kier alpha value is -9.61. The van der Waals surface area contributed by atoms with E-state index in [2.05, 4.69) is 24.3 Å². The first kappa shape index (κ1) is 50.4. The highest BCUT2D eigenvalue weighted by Gasteiger charge is 2.43. The van der Waals surface area contributed by atoms with Crippen molar-refractivity contribution < 1.29 is 69.5 Å². The quantitative estimate of drug-likeness (QED) is 0.0325. The molecule has 0 aromatic heterocycles. The molecule has 360 valence electrons. The average Bonchev–Trinajstić information content (AvgIpc) is 3.79. The standard InChI is InChI=1S/C18H13N5O11.C17H11N5O11.CH5P/c1-2-33-15(24)3-4-34-19-18-11-5-9(20(25)26)7-13(22(29)30)16(11)17-12(18)6-10(21(27)28)8-14(17)23(31)32;1-32-14(23)2-3-33-18-17-10-4-8(19(24)25)6-12(21(28)29)15(10)16-11(17)5-9(20(26)27)7-13(16)22(30)31;1-2/h5-8H,2-4H2,1H3;4-7H,2-3H2,1H3;2H2,1H3/i;;1T. The number of fused-ring (bicyclic) bond motifs is 6. The van der Waals surface area contributed by atoms with Gasteiger partial charge < -0.3 is 19.1 Å². The Morgan fingerprint density at radius 1 is 0.507 bits per heavy atom. The first-order valence-corrected chi connectivity index (χ1v) is 19.4. The molecule has 33 heteroatoms. The van der Waals surface area contributed by atoms with Gasteiger partial charge in [0.1, 0.15) is 24.6 Å². The molecule has 0 aliphatic heterocycles. The summed E-state index contributed by atoms with van der Waals surface area (Å²) >= 11 is 0. The molecule has 0 heterocycles. The topological polar surface area (TPSA) is 441 Å². The number of ether oxygens (including phenoxy) is 2. The molecule has 69 heavy (non-hydrogen) atoms. The Morgan fingerprint density at radius 3 is 0.986 bits per heavy atom. The third-order valence-corrected chi connectivity index (χ3v) is 9.20. The lowest BCUT2D eigenvalue weighted by atomic mass is 10.0. The van der Waals surface area contributed by atoms with Gasteiger partial charge in [-0.25, -0.2) is 0 Å². The van der Waals surface area contributed by atoms with Gasteiger partial charge in [-0.05, 0) is 6.92 Å². The molecule has 0 N–H and O–H groups in total. The Kier molecular flexibility index (Phi) is 16.1. The van der Waals surface area contributed by atoms with Gasteiger partial charge in [-0.2, -0.15) is 0 Å². The molecule has 0 amide bonds. The molecule has 2 aliphatic carbocycles. The van der Waals surface area contributed by atoms with E-state index in [1.54, 1.807) is 6.92 Å². The van der Waals surface area contributed by atoms with E-state index in [9.17, 15) is 90.5 Å². The maximum absolute atomic E-state index is 11.7. The van der Waals surface area contributed by atoms with Crippen LogP contribution >= 0.6 is 9.24 Å². The maximum atomic E-state index is 11.7. The predicted molar refractivity (Wildman–Crippen MR) is 234 cm³/mol. The number of nitro benzene ring substituents is 8. The van der Waals surface area contributed by atoms with Crippen LogP contribution in [0, 0.1) is 80.9 Å². The number of carbonyl (C=O) groups is 2. The predicted octanol–water partition coefficient (Wildman–Crippen LogP) is 6.15. The van der Waals surface area contributed by atoms with Crippen LogP contribution in [-0.2, 0) is 28.7 Å². The summed E-state index contributed by atoms with van der Waals surface area (Å²) in [6, 6.07) is 6.05. The molecule has 0 radical (unpaired) electrons. The number of hydrogen-bond donors (Lipinski definition) is 0. The second-order valence-corrected chi connectivity index (χ2v) is 13.0. The third kappa shape index (κ3) is 11.1. The van der Waals surface area contributed by atoms with E-state index in [1.807, 2.05) is 0 Å². The molecule has 4 aromatic rings. The van der Waals surface area contributed by atoms with Crippen molar-refractivity contribution in [3.05, 3.63) is 152 Å². The lowest BCUT2D eigenvalue weighted by Crippen LogP contribution is -2.08. The molecule has 6 rings (SSSR count). The van der Waals surface area contributed by atoms with Crippen LogP contribution in [0.2, 0.25) is 0 Å². The van der Waals surface area contributed by atoms with Crippen LogP contribution in [0.25, 0.3) is 22.3 Å². The summed E-state index contributed by atoms with van der Waals surface area (Å²) in [5.41, 5.74) is -9.46. The molecule has 1 unspecified atom stereocenters. The van der Waals surface area contributed by atoms with Crippen LogP contribution in [0.3, 0.4) is 0 Å². The summed E-state index contributed by atoms with van der Waals surface area (Å²) in [5.74, 6) is -1.27. The van der Waals surface area contributed by atoms with Crippen LogP contribution in [0.4, 0.5) is 45.5 Å². The van der Waals surface area contributed by atoms with Gasteiger partial charge in [-0.1, -0.05) is 17.0 Å². The van der Waals surface area contributed by atoms with Crippen molar-refractivity contribution in [3.63, 3.8) is 0 Å². The summed E-state index contributed by atoms with van der Waals surface area (Å²) in [5, 5.41) is 99.5. The number of oxime groups is 2. The van der Waals surface area contributed by atoms with Crippen molar-refractivity contribution in [2.24, 2.45) is 10.3 Å². The Bertz CT molecular complexity index is 2820. The van der Waals surface area contributed by atoms with Crippen LogP contribution in [0.5, 0.6) is 0 Å². The molecule has 0 fully saturated rings. The van der Waals surface area contributed by atoms with Gasteiger partial charge in [0.15, 0.2) is 0 Å². The molecule has 0 bridgehead atoms. The van der Waals surface area contributed by atoms with Crippen molar-refractivity contribution in [3.8, 4) is 22.3 Å². The largest absolute Gasteiger partial charge is 0.469 e. The summed E-state index contributed by atoms with van der Waals surface area (Å²) in [6.45, 7) is 1.45. The van der Waals surface area contributed by atoms with Crippen LogP contribution in [-0.4, -0.2) is 96.3 Å². The van der Waals surface area contributed by atoms with Crippen molar-refractivity contribution >= 4 is 78.1 Å². The Morgan fingerprint density at radius 2 is 0.768 bits per heavy atom. The monoisotopic (exact) mass is 986 g/mol. The fourth-order valence-electron chi connectivity index (χ4n) is 6.54. The van der Waals surface area contributed by atoms with E-state index < -0.39 is 96.8 Å². The molecular formula is C36H29N10O22P. The van der Waals surface area contributed by atoms with Crippen molar-refractivity contribution in [1.29, 1.82) is 0 Å². The van der Waals surface area contributed by atoms with Gasteiger partial charge in [0, 0.05) is 47.9 Å². The number of esters is 2. The first-order chi connectivity index (χ1) is 33.0. The summed E-state index contributed by atoms with van der Waals surface area (Å²) in [4.78, 5) is 117. The highest BCUT2D eigenvalue weighted by molar-refractivity contribution is 7.15. The van der Waals surface area contributed by atoms with Gasteiger partial charge >= 0.3 is 11.9 Å². The maximum Gasteiger partial charge on any atom is 0.309 e. The first-order valence-electron chi connectivity index (χ1n) is 19.3. The van der Waals surface area contributed by atoms with Crippen molar-refractivity contribution in [2.45, 2.75) is 19.8 Å². The molecule has 4 aromatic carbocycles. The molecule has 0 spiro atoms.